The van der Waals surface area contributed by atoms with Gasteiger partial charge in [0.15, 0.2) is 0 Å². The molecule has 0 saturated heterocycles. The minimum absolute atomic E-state index is 0.0258. The predicted molar refractivity (Wildman–Crippen MR) is 58.5 cm³/mol. The topological polar surface area (TPSA) is 55.1 Å². The van der Waals surface area contributed by atoms with Crippen molar-refractivity contribution >= 4 is 5.91 Å². The molecule has 0 aromatic rings. The summed E-state index contributed by atoms with van der Waals surface area (Å²) in [6.45, 7) is 5.99. The summed E-state index contributed by atoms with van der Waals surface area (Å²) in [5.74, 6) is 2.52. The van der Waals surface area contributed by atoms with Crippen molar-refractivity contribution in [1.29, 1.82) is 0 Å². The first-order chi connectivity index (χ1) is 6.47. The summed E-state index contributed by atoms with van der Waals surface area (Å²) >= 11 is 0. The van der Waals surface area contributed by atoms with Gasteiger partial charge in [0.25, 0.3) is 0 Å². The number of amides is 1. The lowest BCUT2D eigenvalue weighted by atomic mass is 9.92. The summed E-state index contributed by atoms with van der Waals surface area (Å²) in [7, 11) is 0. The Morgan fingerprint density at radius 3 is 2.57 bits per heavy atom. The van der Waals surface area contributed by atoms with E-state index in [2.05, 4.69) is 11.2 Å². The Balaban J connectivity index is 4.23. The van der Waals surface area contributed by atoms with Gasteiger partial charge in [-0.2, -0.15) is 0 Å². The molecule has 0 aromatic heterocycles. The van der Waals surface area contributed by atoms with Crippen molar-refractivity contribution in [3.05, 3.63) is 0 Å². The van der Waals surface area contributed by atoms with Gasteiger partial charge in [-0.05, 0) is 20.3 Å². The van der Waals surface area contributed by atoms with Crippen LogP contribution < -0.4 is 11.1 Å². The summed E-state index contributed by atoms with van der Waals surface area (Å²) in [6, 6.07) is 0.0679. The standard InChI is InChI=1S/C11H20N2O/c1-5-7-9(6-2)13-10(14)11(3,4)8-12/h1,9H,6-8,12H2,2-4H3,(H,13,14). The fraction of sp³-hybridized carbons (Fsp3) is 0.727. The molecule has 0 radical (unpaired) electrons. The van der Waals surface area contributed by atoms with Crippen molar-refractivity contribution in [3.8, 4) is 12.3 Å². The van der Waals surface area contributed by atoms with Gasteiger partial charge >= 0.3 is 0 Å². The Morgan fingerprint density at radius 2 is 2.21 bits per heavy atom. The number of hydrogen-bond acceptors (Lipinski definition) is 2. The van der Waals surface area contributed by atoms with Crippen LogP contribution in [0.2, 0.25) is 0 Å². The third-order valence-electron chi connectivity index (χ3n) is 2.32. The molecule has 0 bridgehead atoms. The molecule has 3 nitrogen and oxygen atoms in total. The third-order valence-corrected chi connectivity index (χ3v) is 2.32. The molecular formula is C11H20N2O. The van der Waals surface area contributed by atoms with Gasteiger partial charge in [0.05, 0.1) is 5.41 Å². The molecule has 0 aliphatic carbocycles. The smallest absolute Gasteiger partial charge is 0.227 e. The summed E-state index contributed by atoms with van der Waals surface area (Å²) in [5, 5.41) is 2.90. The number of nitrogens with one attached hydrogen (secondary N) is 1. The van der Waals surface area contributed by atoms with E-state index >= 15 is 0 Å². The summed E-state index contributed by atoms with van der Waals surface area (Å²) in [5.41, 5.74) is 4.99. The van der Waals surface area contributed by atoms with Gasteiger partial charge < -0.3 is 11.1 Å². The highest BCUT2D eigenvalue weighted by Gasteiger charge is 2.26. The summed E-state index contributed by atoms with van der Waals surface area (Å²) in [4.78, 5) is 11.7. The van der Waals surface area contributed by atoms with Crippen LogP contribution in [-0.4, -0.2) is 18.5 Å². The van der Waals surface area contributed by atoms with E-state index in [-0.39, 0.29) is 11.9 Å². The second-order valence-electron chi connectivity index (χ2n) is 4.07. The van der Waals surface area contributed by atoms with Crippen LogP contribution in [0.5, 0.6) is 0 Å². The van der Waals surface area contributed by atoms with E-state index in [1.165, 1.54) is 0 Å². The Kier molecular flexibility index (Phi) is 5.26. The molecule has 0 spiro atoms. The van der Waals surface area contributed by atoms with E-state index in [0.29, 0.717) is 13.0 Å². The Hall–Kier alpha value is -1.01. The van der Waals surface area contributed by atoms with Gasteiger partial charge in [0.2, 0.25) is 5.91 Å². The maximum atomic E-state index is 11.7. The summed E-state index contributed by atoms with van der Waals surface area (Å²) < 4.78 is 0. The van der Waals surface area contributed by atoms with Crippen molar-refractivity contribution in [3.63, 3.8) is 0 Å². The molecule has 0 saturated carbocycles. The van der Waals surface area contributed by atoms with E-state index < -0.39 is 5.41 Å². The maximum absolute atomic E-state index is 11.7. The van der Waals surface area contributed by atoms with Gasteiger partial charge in [-0.3, -0.25) is 4.79 Å². The first-order valence-corrected chi connectivity index (χ1v) is 4.92. The second kappa shape index (κ2) is 5.66. The average molecular weight is 196 g/mol. The number of rotatable bonds is 5. The van der Waals surface area contributed by atoms with E-state index in [9.17, 15) is 4.79 Å². The Labute approximate surface area is 86.4 Å². The summed E-state index contributed by atoms with van der Waals surface area (Å²) in [6.07, 6.45) is 6.61. The van der Waals surface area contributed by atoms with Gasteiger partial charge in [-0.1, -0.05) is 6.92 Å². The molecule has 3 N–H and O–H groups in total. The highest BCUT2D eigenvalue weighted by Crippen LogP contribution is 2.13. The molecule has 3 heteroatoms. The molecule has 1 unspecified atom stereocenters. The van der Waals surface area contributed by atoms with Crippen LogP contribution in [0.4, 0.5) is 0 Å². The van der Waals surface area contributed by atoms with Crippen LogP contribution in [0.1, 0.15) is 33.6 Å². The Bertz CT molecular complexity index is 228. The fourth-order valence-electron chi connectivity index (χ4n) is 0.913. The zero-order valence-electron chi connectivity index (χ0n) is 9.26. The minimum Gasteiger partial charge on any atom is -0.352 e. The highest BCUT2D eigenvalue weighted by atomic mass is 16.2. The number of carbonyl (C=O) groups is 1. The molecule has 0 heterocycles. The third kappa shape index (κ3) is 3.80. The van der Waals surface area contributed by atoms with Gasteiger partial charge in [0.1, 0.15) is 0 Å². The molecule has 0 fully saturated rings. The van der Waals surface area contributed by atoms with Crippen molar-refractivity contribution in [2.24, 2.45) is 11.1 Å². The van der Waals surface area contributed by atoms with E-state index in [4.69, 9.17) is 12.2 Å². The zero-order valence-corrected chi connectivity index (χ0v) is 9.26. The number of carbonyl (C=O) groups excluding carboxylic acids is 1. The Morgan fingerprint density at radius 1 is 1.64 bits per heavy atom. The van der Waals surface area contributed by atoms with Gasteiger partial charge in [-0.15, -0.1) is 12.3 Å². The van der Waals surface area contributed by atoms with Crippen molar-refractivity contribution in [1.82, 2.24) is 5.32 Å². The lowest BCUT2D eigenvalue weighted by molar-refractivity contribution is -0.129. The number of terminal acetylenes is 1. The molecule has 1 amide bonds. The quantitative estimate of drug-likeness (QED) is 0.642. The number of nitrogens with two attached hydrogens (primary N) is 1. The zero-order chi connectivity index (χ0) is 11.2. The largest absolute Gasteiger partial charge is 0.352 e. The van der Waals surface area contributed by atoms with Crippen LogP contribution in [0.3, 0.4) is 0 Å². The van der Waals surface area contributed by atoms with E-state index in [1.807, 2.05) is 20.8 Å². The molecule has 1 atom stereocenters. The van der Waals surface area contributed by atoms with Crippen LogP contribution >= 0.6 is 0 Å². The van der Waals surface area contributed by atoms with Crippen LogP contribution in [0, 0.1) is 17.8 Å². The molecule has 80 valence electrons. The lowest BCUT2D eigenvalue weighted by Gasteiger charge is -2.24. The van der Waals surface area contributed by atoms with Crippen LogP contribution in [-0.2, 0) is 4.79 Å². The first kappa shape index (κ1) is 13.0. The van der Waals surface area contributed by atoms with Crippen LogP contribution in [0.25, 0.3) is 0 Å². The number of hydrogen-bond donors (Lipinski definition) is 2. The predicted octanol–water partition coefficient (Wildman–Crippen LogP) is 0.889. The molecule has 0 aliphatic rings. The SMILES string of the molecule is C#CCC(CC)NC(=O)C(C)(C)CN. The maximum Gasteiger partial charge on any atom is 0.227 e. The van der Waals surface area contributed by atoms with Crippen molar-refractivity contribution < 1.29 is 4.79 Å². The molecule has 0 aromatic carbocycles. The van der Waals surface area contributed by atoms with Gasteiger partial charge in [-0.25, -0.2) is 0 Å². The lowest BCUT2D eigenvalue weighted by Crippen LogP contribution is -2.45. The molecule has 0 rings (SSSR count). The monoisotopic (exact) mass is 196 g/mol. The van der Waals surface area contributed by atoms with Crippen molar-refractivity contribution in [2.45, 2.75) is 39.7 Å². The minimum atomic E-state index is -0.512. The van der Waals surface area contributed by atoms with E-state index in [1.54, 1.807) is 0 Å². The fourth-order valence-corrected chi connectivity index (χ4v) is 0.913. The molecule has 14 heavy (non-hydrogen) atoms. The van der Waals surface area contributed by atoms with E-state index in [0.717, 1.165) is 6.42 Å². The second-order valence-corrected chi connectivity index (χ2v) is 4.07. The normalized spacial score (nSPS) is 13.1. The van der Waals surface area contributed by atoms with Crippen LogP contribution in [0.15, 0.2) is 0 Å². The molecule has 0 aliphatic heterocycles. The van der Waals surface area contributed by atoms with Crippen molar-refractivity contribution in [2.75, 3.05) is 6.54 Å². The highest BCUT2D eigenvalue weighted by molar-refractivity contribution is 5.82. The molecular weight excluding hydrogens is 176 g/mol. The first-order valence-electron chi connectivity index (χ1n) is 4.92. The average Bonchev–Trinajstić information content (AvgIpc) is 2.16. The van der Waals surface area contributed by atoms with Gasteiger partial charge in [0, 0.05) is 19.0 Å².